The minimum atomic E-state index is 0.758. The number of halogens is 1. The summed E-state index contributed by atoms with van der Waals surface area (Å²) in [5.41, 5.74) is 2.15. The van der Waals surface area contributed by atoms with Crippen LogP contribution in [0.4, 0.5) is 0 Å². The van der Waals surface area contributed by atoms with Crippen molar-refractivity contribution in [1.29, 1.82) is 0 Å². The molecule has 0 spiro atoms. The van der Waals surface area contributed by atoms with Gasteiger partial charge in [-0.15, -0.1) is 23.1 Å². The summed E-state index contributed by atoms with van der Waals surface area (Å²) in [6, 6.07) is 6.00. The molecule has 0 aliphatic rings. The Kier molecular flexibility index (Phi) is 5.06. The van der Waals surface area contributed by atoms with E-state index in [9.17, 15) is 0 Å². The predicted octanol–water partition coefficient (Wildman–Crippen LogP) is 4.29. The molecule has 1 aromatic carbocycles. The van der Waals surface area contributed by atoms with Gasteiger partial charge in [0.1, 0.15) is 5.01 Å². The van der Waals surface area contributed by atoms with Gasteiger partial charge in [-0.05, 0) is 31.0 Å². The molecule has 0 bridgehead atoms. The highest BCUT2D eigenvalue weighted by Gasteiger charge is 2.10. The van der Waals surface area contributed by atoms with Crippen LogP contribution in [-0.4, -0.2) is 17.8 Å². The van der Waals surface area contributed by atoms with E-state index < -0.39 is 0 Å². The van der Waals surface area contributed by atoms with Crippen molar-refractivity contribution < 1.29 is 0 Å². The normalized spacial score (nSPS) is 10.8. The van der Waals surface area contributed by atoms with E-state index in [1.54, 1.807) is 11.3 Å². The quantitative estimate of drug-likeness (QED) is 0.833. The van der Waals surface area contributed by atoms with Crippen LogP contribution in [0.15, 0.2) is 28.5 Å². The highest BCUT2D eigenvalue weighted by atomic mass is 35.5. The fourth-order valence-corrected chi connectivity index (χ4v) is 3.42. The van der Waals surface area contributed by atoms with Crippen LogP contribution >= 0.6 is 34.7 Å². The van der Waals surface area contributed by atoms with Crippen molar-refractivity contribution in [3.05, 3.63) is 33.6 Å². The lowest BCUT2D eigenvalue weighted by atomic mass is 10.2. The summed E-state index contributed by atoms with van der Waals surface area (Å²) in [5, 5.41) is 7.07. The van der Waals surface area contributed by atoms with Gasteiger partial charge in [-0.1, -0.05) is 18.5 Å². The van der Waals surface area contributed by atoms with Crippen LogP contribution in [-0.2, 0) is 6.54 Å². The highest BCUT2D eigenvalue weighted by Crippen LogP contribution is 2.34. The molecule has 0 atom stereocenters. The average Bonchev–Trinajstić information content (AvgIpc) is 2.81. The second-order valence-corrected chi connectivity index (χ2v) is 6.42. The Morgan fingerprint density at radius 2 is 2.28 bits per heavy atom. The number of nitrogens with one attached hydrogen (secondary N) is 1. The molecule has 0 fully saturated rings. The van der Waals surface area contributed by atoms with Crippen LogP contribution in [0.2, 0.25) is 5.02 Å². The first-order valence-electron chi connectivity index (χ1n) is 5.76. The van der Waals surface area contributed by atoms with Crippen molar-refractivity contribution in [2.24, 2.45) is 0 Å². The number of nitrogens with zero attached hydrogens (tertiary/aromatic N) is 1. The van der Waals surface area contributed by atoms with Crippen LogP contribution in [0.3, 0.4) is 0 Å². The van der Waals surface area contributed by atoms with Gasteiger partial charge in [-0.2, -0.15) is 0 Å². The summed E-state index contributed by atoms with van der Waals surface area (Å²) in [4.78, 5) is 5.88. The molecule has 1 aromatic heterocycles. The molecule has 5 heteroatoms. The first-order chi connectivity index (χ1) is 8.74. The van der Waals surface area contributed by atoms with Crippen molar-refractivity contribution in [2.45, 2.75) is 18.4 Å². The van der Waals surface area contributed by atoms with Gasteiger partial charge in [0, 0.05) is 27.4 Å². The molecule has 96 valence electrons. The first kappa shape index (κ1) is 13.9. The van der Waals surface area contributed by atoms with Crippen LogP contribution in [0, 0.1) is 0 Å². The third-order valence-electron chi connectivity index (χ3n) is 2.40. The molecule has 0 saturated carbocycles. The molecule has 2 aromatic rings. The van der Waals surface area contributed by atoms with Crippen molar-refractivity contribution >= 4 is 34.7 Å². The standard InChI is InChI=1S/C13H15ClN2S2/c1-3-17-12-5-4-9(14)6-10(12)11-8-18-13(16-11)7-15-2/h4-6,8,15H,3,7H2,1-2H3. The number of benzene rings is 1. The molecule has 2 nitrogen and oxygen atoms in total. The maximum Gasteiger partial charge on any atom is 0.107 e. The number of rotatable bonds is 5. The third kappa shape index (κ3) is 3.26. The zero-order valence-corrected chi connectivity index (χ0v) is 12.8. The zero-order valence-electron chi connectivity index (χ0n) is 10.4. The topological polar surface area (TPSA) is 24.9 Å². The summed E-state index contributed by atoms with van der Waals surface area (Å²) < 4.78 is 0. The average molecular weight is 299 g/mol. The van der Waals surface area contributed by atoms with E-state index in [1.165, 1.54) is 4.90 Å². The molecule has 0 saturated heterocycles. The maximum absolute atomic E-state index is 6.09. The molecular formula is C13H15ClN2S2. The van der Waals surface area contributed by atoms with E-state index in [2.05, 4.69) is 28.7 Å². The number of thiazole rings is 1. The highest BCUT2D eigenvalue weighted by molar-refractivity contribution is 7.99. The van der Waals surface area contributed by atoms with Crippen molar-refractivity contribution in [3.8, 4) is 11.3 Å². The Labute approximate surface area is 121 Å². The summed E-state index contributed by atoms with van der Waals surface area (Å²) in [5.74, 6) is 1.04. The van der Waals surface area contributed by atoms with Crippen molar-refractivity contribution in [1.82, 2.24) is 10.3 Å². The number of hydrogen-bond acceptors (Lipinski definition) is 4. The van der Waals surface area contributed by atoms with E-state index in [1.807, 2.05) is 30.9 Å². The van der Waals surface area contributed by atoms with Crippen LogP contribution in [0.25, 0.3) is 11.3 Å². The fourth-order valence-electron chi connectivity index (χ4n) is 1.65. The molecule has 0 aliphatic carbocycles. The van der Waals surface area contributed by atoms with Gasteiger partial charge < -0.3 is 5.32 Å². The van der Waals surface area contributed by atoms with E-state index in [0.29, 0.717) is 0 Å². The van der Waals surface area contributed by atoms with E-state index >= 15 is 0 Å². The van der Waals surface area contributed by atoms with Crippen LogP contribution in [0.5, 0.6) is 0 Å². The minimum Gasteiger partial charge on any atom is -0.314 e. The Morgan fingerprint density at radius 1 is 1.44 bits per heavy atom. The molecule has 0 radical (unpaired) electrons. The molecular weight excluding hydrogens is 284 g/mol. The van der Waals surface area contributed by atoms with Crippen molar-refractivity contribution in [2.75, 3.05) is 12.8 Å². The predicted molar refractivity (Wildman–Crippen MR) is 81.7 cm³/mol. The smallest absolute Gasteiger partial charge is 0.107 e. The molecule has 1 N–H and O–H groups in total. The van der Waals surface area contributed by atoms with E-state index in [-0.39, 0.29) is 0 Å². The SMILES string of the molecule is CCSc1ccc(Cl)cc1-c1csc(CNC)n1. The molecule has 0 amide bonds. The lowest BCUT2D eigenvalue weighted by Gasteiger charge is -2.06. The molecule has 2 rings (SSSR count). The molecule has 0 aliphatic heterocycles. The number of hydrogen-bond donors (Lipinski definition) is 1. The first-order valence-corrected chi connectivity index (χ1v) is 8.00. The van der Waals surface area contributed by atoms with Gasteiger partial charge in [-0.3, -0.25) is 0 Å². The maximum atomic E-state index is 6.09. The summed E-state index contributed by atoms with van der Waals surface area (Å²) in [6.07, 6.45) is 0. The second-order valence-electron chi connectivity index (χ2n) is 3.73. The number of aromatic nitrogens is 1. The monoisotopic (exact) mass is 298 g/mol. The van der Waals surface area contributed by atoms with Gasteiger partial charge in [0.2, 0.25) is 0 Å². The third-order valence-corrected chi connectivity index (χ3v) is 4.44. The van der Waals surface area contributed by atoms with Gasteiger partial charge in [0.05, 0.1) is 5.69 Å². The summed E-state index contributed by atoms with van der Waals surface area (Å²) in [7, 11) is 1.93. The lowest BCUT2D eigenvalue weighted by molar-refractivity contribution is 0.810. The van der Waals surface area contributed by atoms with Gasteiger partial charge >= 0.3 is 0 Å². The van der Waals surface area contributed by atoms with E-state index in [0.717, 1.165) is 33.6 Å². The Hall–Kier alpha value is -0.550. The van der Waals surface area contributed by atoms with Crippen molar-refractivity contribution in [3.63, 3.8) is 0 Å². The van der Waals surface area contributed by atoms with Gasteiger partial charge in [0.15, 0.2) is 0 Å². The Morgan fingerprint density at radius 3 is 3.00 bits per heavy atom. The fraction of sp³-hybridized carbons (Fsp3) is 0.308. The van der Waals surface area contributed by atoms with E-state index in [4.69, 9.17) is 11.6 Å². The van der Waals surface area contributed by atoms with Gasteiger partial charge in [0.25, 0.3) is 0 Å². The van der Waals surface area contributed by atoms with Crippen LogP contribution < -0.4 is 5.32 Å². The Balaban J connectivity index is 2.37. The largest absolute Gasteiger partial charge is 0.314 e. The molecule has 0 unspecified atom stereocenters. The zero-order chi connectivity index (χ0) is 13.0. The summed E-state index contributed by atoms with van der Waals surface area (Å²) >= 11 is 9.58. The molecule has 1 heterocycles. The lowest BCUT2D eigenvalue weighted by Crippen LogP contribution is -2.04. The molecule has 18 heavy (non-hydrogen) atoms. The van der Waals surface area contributed by atoms with Gasteiger partial charge in [-0.25, -0.2) is 4.98 Å². The Bertz CT molecular complexity index is 525. The minimum absolute atomic E-state index is 0.758. The number of thioether (sulfide) groups is 1. The van der Waals surface area contributed by atoms with Crippen LogP contribution in [0.1, 0.15) is 11.9 Å². The second kappa shape index (κ2) is 6.57. The summed E-state index contributed by atoms with van der Waals surface area (Å²) in [6.45, 7) is 2.96.